The number of aryl methyl sites for hydroxylation is 1. The third kappa shape index (κ3) is 5.54. The molecule has 0 saturated carbocycles. The largest absolute Gasteiger partial charge is 0.507 e. The number of piperazine rings is 1. The fourth-order valence-electron chi connectivity index (χ4n) is 3.81. The molecule has 2 aromatic carbocycles. The summed E-state index contributed by atoms with van der Waals surface area (Å²) in [5.74, 6) is -0.912. The molecule has 9 heteroatoms. The van der Waals surface area contributed by atoms with Gasteiger partial charge in [0.2, 0.25) is 15.9 Å². The molecule has 2 atom stereocenters. The number of sulfonamides is 1. The van der Waals surface area contributed by atoms with Crippen LogP contribution in [0.1, 0.15) is 36.2 Å². The Balaban J connectivity index is 1.70. The van der Waals surface area contributed by atoms with Gasteiger partial charge in [0.15, 0.2) is 0 Å². The minimum atomic E-state index is -3.88. The number of phenolic OH excluding ortho intramolecular Hbond substituents is 1. The molecule has 1 saturated heterocycles. The highest BCUT2D eigenvalue weighted by Gasteiger charge is 2.35. The molecule has 2 amide bonds. The van der Waals surface area contributed by atoms with Crippen molar-refractivity contribution in [1.29, 1.82) is 0 Å². The third-order valence-corrected chi connectivity index (χ3v) is 8.01. The summed E-state index contributed by atoms with van der Waals surface area (Å²) in [7, 11) is -3.88. The van der Waals surface area contributed by atoms with Crippen LogP contribution in [0.2, 0.25) is 0 Å². The zero-order valence-corrected chi connectivity index (χ0v) is 20.0. The van der Waals surface area contributed by atoms with Crippen molar-refractivity contribution in [2.45, 2.75) is 38.1 Å². The van der Waals surface area contributed by atoms with Crippen molar-refractivity contribution in [3.63, 3.8) is 0 Å². The second-order valence-corrected chi connectivity index (χ2v) is 10.3. The number of aromatic hydroxyl groups is 1. The summed E-state index contributed by atoms with van der Waals surface area (Å²) < 4.78 is 27.3. The molecule has 1 heterocycles. The number of hydrogen-bond donors (Lipinski definition) is 2. The Labute approximate surface area is 195 Å². The Bertz CT molecular complexity index is 1100. The van der Waals surface area contributed by atoms with E-state index >= 15 is 0 Å². The Hall–Kier alpha value is -2.91. The molecule has 1 fully saturated rings. The molecular formula is C24H31N3O5S. The van der Waals surface area contributed by atoms with Crippen LogP contribution in [-0.4, -0.2) is 66.8 Å². The third-order valence-electron chi connectivity index (χ3n) is 6.09. The van der Waals surface area contributed by atoms with Crippen LogP contribution < -0.4 is 5.32 Å². The molecule has 8 nitrogen and oxygen atoms in total. The van der Waals surface area contributed by atoms with Crippen LogP contribution in [0.5, 0.6) is 5.75 Å². The zero-order chi connectivity index (χ0) is 24.2. The Kier molecular flexibility index (Phi) is 7.76. The van der Waals surface area contributed by atoms with Gasteiger partial charge < -0.3 is 15.3 Å². The summed E-state index contributed by atoms with van der Waals surface area (Å²) in [5, 5.41) is 12.9. The van der Waals surface area contributed by atoms with Crippen LogP contribution in [0.25, 0.3) is 0 Å². The molecule has 33 heavy (non-hydrogen) atoms. The van der Waals surface area contributed by atoms with Gasteiger partial charge in [-0.1, -0.05) is 44.5 Å². The van der Waals surface area contributed by atoms with Crippen LogP contribution in [0.4, 0.5) is 0 Å². The maximum absolute atomic E-state index is 13.3. The van der Waals surface area contributed by atoms with Crippen molar-refractivity contribution in [1.82, 2.24) is 14.5 Å². The fraction of sp³-hybridized carbons (Fsp3) is 0.417. The highest BCUT2D eigenvalue weighted by Crippen LogP contribution is 2.27. The van der Waals surface area contributed by atoms with Gasteiger partial charge in [-0.15, -0.1) is 0 Å². The van der Waals surface area contributed by atoms with Crippen LogP contribution in [0.15, 0.2) is 53.4 Å². The molecule has 178 valence electrons. The van der Waals surface area contributed by atoms with E-state index in [-0.39, 0.29) is 54.6 Å². The first kappa shape index (κ1) is 24.7. The van der Waals surface area contributed by atoms with Crippen molar-refractivity contribution in [2.24, 2.45) is 5.92 Å². The maximum atomic E-state index is 13.3. The highest BCUT2D eigenvalue weighted by molar-refractivity contribution is 7.89. The summed E-state index contributed by atoms with van der Waals surface area (Å²) >= 11 is 0. The molecule has 2 aromatic rings. The van der Waals surface area contributed by atoms with Crippen molar-refractivity contribution < 1.29 is 23.1 Å². The quantitative estimate of drug-likeness (QED) is 0.642. The number of rotatable bonds is 7. The predicted octanol–water partition coefficient (Wildman–Crippen LogP) is 2.38. The van der Waals surface area contributed by atoms with Gasteiger partial charge in [-0.2, -0.15) is 4.31 Å². The summed E-state index contributed by atoms with van der Waals surface area (Å²) in [6, 6.07) is 12.5. The first-order chi connectivity index (χ1) is 15.6. The van der Waals surface area contributed by atoms with E-state index in [0.29, 0.717) is 12.0 Å². The standard InChI is InChI=1S/C24H31N3O5S/c1-4-18(3)22(25-23(29)19-8-6-5-7-9-19)24(30)26-12-14-27(15-13-26)33(31,32)21-16-17(2)10-11-20(21)28/h5-11,16,18,22,28H,4,12-15H2,1-3H3,(H,25,29). The predicted molar refractivity (Wildman–Crippen MR) is 125 cm³/mol. The van der Waals surface area contributed by atoms with E-state index < -0.39 is 16.1 Å². The van der Waals surface area contributed by atoms with Gasteiger partial charge in [0.1, 0.15) is 16.7 Å². The Morgan fingerprint density at radius 1 is 1.06 bits per heavy atom. The number of hydrogen-bond acceptors (Lipinski definition) is 5. The van der Waals surface area contributed by atoms with Crippen LogP contribution in [-0.2, 0) is 14.8 Å². The summed E-state index contributed by atoms with van der Waals surface area (Å²) in [6.45, 7) is 6.27. The summed E-state index contributed by atoms with van der Waals surface area (Å²) in [6.07, 6.45) is 0.701. The van der Waals surface area contributed by atoms with Crippen molar-refractivity contribution in [2.75, 3.05) is 26.2 Å². The van der Waals surface area contributed by atoms with Crippen LogP contribution >= 0.6 is 0 Å². The molecule has 2 N–H and O–H groups in total. The number of nitrogens with one attached hydrogen (secondary N) is 1. The molecule has 0 spiro atoms. The lowest BCUT2D eigenvalue weighted by Crippen LogP contribution is -2.57. The van der Waals surface area contributed by atoms with Crippen LogP contribution in [0, 0.1) is 12.8 Å². The number of nitrogens with zero attached hydrogens (tertiary/aromatic N) is 2. The van der Waals surface area contributed by atoms with Gasteiger partial charge >= 0.3 is 0 Å². The molecule has 0 radical (unpaired) electrons. The molecule has 2 unspecified atom stereocenters. The van der Waals surface area contributed by atoms with E-state index in [1.54, 1.807) is 42.2 Å². The number of carbonyl (C=O) groups is 2. The number of carbonyl (C=O) groups excluding carboxylic acids is 2. The normalized spacial score (nSPS) is 16.8. The molecule has 0 aromatic heterocycles. The average molecular weight is 474 g/mol. The Morgan fingerprint density at radius 2 is 1.70 bits per heavy atom. The van der Waals surface area contributed by atoms with E-state index in [0.717, 1.165) is 5.56 Å². The van der Waals surface area contributed by atoms with Gasteiger partial charge in [-0.05, 0) is 42.7 Å². The lowest BCUT2D eigenvalue weighted by Gasteiger charge is -2.37. The SMILES string of the molecule is CCC(C)C(NC(=O)c1ccccc1)C(=O)N1CCN(S(=O)(=O)c2cc(C)ccc2O)CC1. The molecule has 0 bridgehead atoms. The Morgan fingerprint density at radius 3 is 2.30 bits per heavy atom. The van der Waals surface area contributed by atoms with E-state index in [9.17, 15) is 23.1 Å². The zero-order valence-electron chi connectivity index (χ0n) is 19.2. The molecular weight excluding hydrogens is 442 g/mol. The van der Waals surface area contributed by atoms with Gasteiger partial charge in [0.05, 0.1) is 0 Å². The van der Waals surface area contributed by atoms with Crippen molar-refractivity contribution in [3.05, 3.63) is 59.7 Å². The van der Waals surface area contributed by atoms with Gasteiger partial charge in [0.25, 0.3) is 5.91 Å². The molecule has 3 rings (SSSR count). The number of phenols is 1. The first-order valence-corrected chi connectivity index (χ1v) is 12.5. The molecule has 1 aliphatic rings. The van der Waals surface area contributed by atoms with Gasteiger partial charge in [-0.25, -0.2) is 8.42 Å². The number of amides is 2. The second kappa shape index (κ2) is 10.4. The summed E-state index contributed by atoms with van der Waals surface area (Å²) in [4.78, 5) is 27.4. The van der Waals surface area contributed by atoms with E-state index in [1.165, 1.54) is 16.4 Å². The average Bonchev–Trinajstić information content (AvgIpc) is 2.83. The molecule has 0 aliphatic carbocycles. The monoisotopic (exact) mass is 473 g/mol. The van der Waals surface area contributed by atoms with Crippen molar-refractivity contribution in [3.8, 4) is 5.75 Å². The molecule has 1 aliphatic heterocycles. The lowest BCUT2D eigenvalue weighted by molar-refractivity contribution is -0.135. The minimum Gasteiger partial charge on any atom is -0.507 e. The van der Waals surface area contributed by atoms with Crippen molar-refractivity contribution >= 4 is 21.8 Å². The van der Waals surface area contributed by atoms with E-state index in [2.05, 4.69) is 5.32 Å². The smallest absolute Gasteiger partial charge is 0.251 e. The van der Waals surface area contributed by atoms with Gasteiger partial charge in [-0.3, -0.25) is 9.59 Å². The number of benzene rings is 2. The maximum Gasteiger partial charge on any atom is 0.251 e. The van der Waals surface area contributed by atoms with E-state index in [1.807, 2.05) is 19.9 Å². The lowest BCUT2D eigenvalue weighted by atomic mass is 9.97. The highest BCUT2D eigenvalue weighted by atomic mass is 32.2. The topological polar surface area (TPSA) is 107 Å². The second-order valence-electron chi connectivity index (χ2n) is 8.40. The van der Waals surface area contributed by atoms with Crippen LogP contribution in [0.3, 0.4) is 0 Å². The fourth-order valence-corrected chi connectivity index (χ4v) is 5.40. The minimum absolute atomic E-state index is 0.0869. The van der Waals surface area contributed by atoms with Gasteiger partial charge in [0, 0.05) is 31.7 Å². The first-order valence-electron chi connectivity index (χ1n) is 11.1. The summed E-state index contributed by atoms with van der Waals surface area (Å²) in [5.41, 5.74) is 1.21. The van der Waals surface area contributed by atoms with E-state index in [4.69, 9.17) is 0 Å².